The predicted octanol–water partition coefficient (Wildman–Crippen LogP) is 3.78. The van der Waals surface area contributed by atoms with E-state index in [-0.39, 0.29) is 30.0 Å². The molecule has 0 saturated carbocycles. The number of nitrogens with one attached hydrogen (secondary N) is 2. The zero-order chi connectivity index (χ0) is 24.6. The predicted molar refractivity (Wildman–Crippen MR) is 133 cm³/mol. The number of carbonyl (C=O) groups excluding carboxylic acids is 2. The van der Waals surface area contributed by atoms with E-state index in [1.807, 2.05) is 57.1 Å². The van der Waals surface area contributed by atoms with Gasteiger partial charge in [0, 0.05) is 36.0 Å². The molecule has 2 amide bonds. The third-order valence-electron chi connectivity index (χ3n) is 5.28. The Morgan fingerprint density at radius 1 is 1.24 bits per heavy atom. The number of allylic oxidation sites excluding steroid dienone is 4. The van der Waals surface area contributed by atoms with Crippen LogP contribution in [0.3, 0.4) is 0 Å². The topological polar surface area (TPSA) is 108 Å². The first-order valence-electron chi connectivity index (χ1n) is 11.1. The normalized spacial score (nSPS) is 21.5. The fourth-order valence-corrected chi connectivity index (χ4v) is 3.00. The number of rotatable bonds is 6. The van der Waals surface area contributed by atoms with Crippen LogP contribution in [0.5, 0.6) is 0 Å². The van der Waals surface area contributed by atoms with Crippen LogP contribution in [-0.4, -0.2) is 41.1 Å². The van der Waals surface area contributed by atoms with Gasteiger partial charge in [-0.25, -0.2) is 0 Å². The van der Waals surface area contributed by atoms with E-state index in [4.69, 9.17) is 5.73 Å². The second-order valence-electron chi connectivity index (χ2n) is 9.30. The summed E-state index contributed by atoms with van der Waals surface area (Å²) in [4.78, 5) is 27.1. The summed E-state index contributed by atoms with van der Waals surface area (Å²) in [6, 6.07) is 7.30. The third-order valence-corrected chi connectivity index (χ3v) is 5.28. The molecule has 0 bridgehead atoms. The molecule has 7 heteroatoms. The van der Waals surface area contributed by atoms with E-state index in [1.54, 1.807) is 24.3 Å². The number of amides is 2. The molecule has 2 rings (SSSR count). The van der Waals surface area contributed by atoms with Crippen LogP contribution in [0.4, 0.5) is 5.69 Å². The Hall–Kier alpha value is -3.32. The molecule has 1 aliphatic heterocycles. The van der Waals surface area contributed by atoms with E-state index in [9.17, 15) is 14.7 Å². The third kappa shape index (κ3) is 8.61. The number of nitrogens with two attached hydrogens (primary N) is 1. The molecule has 1 heterocycles. The van der Waals surface area contributed by atoms with Crippen molar-refractivity contribution in [2.75, 3.05) is 12.4 Å². The first-order chi connectivity index (χ1) is 15.5. The monoisotopic (exact) mass is 452 g/mol. The molecule has 1 aliphatic rings. The van der Waals surface area contributed by atoms with Gasteiger partial charge in [0.15, 0.2) is 0 Å². The number of hydrogen-bond donors (Lipinski definition) is 4. The van der Waals surface area contributed by atoms with E-state index >= 15 is 0 Å². The number of aliphatic hydroxyl groups excluding tert-OH is 1. The van der Waals surface area contributed by atoms with Crippen LogP contribution in [0.1, 0.15) is 39.7 Å². The van der Waals surface area contributed by atoms with Crippen LogP contribution in [0.25, 0.3) is 0 Å². The molecule has 5 N–H and O–H groups in total. The van der Waals surface area contributed by atoms with Crippen molar-refractivity contribution in [2.45, 2.75) is 52.7 Å². The molecule has 33 heavy (non-hydrogen) atoms. The molecule has 0 saturated heterocycles. The number of benzene rings is 1. The summed E-state index contributed by atoms with van der Waals surface area (Å²) in [5.41, 5.74) is 7.55. The molecule has 2 unspecified atom stereocenters. The molecular formula is C26H36N4O3. The van der Waals surface area contributed by atoms with Crippen LogP contribution in [0.2, 0.25) is 0 Å². The lowest BCUT2D eigenvalue weighted by Gasteiger charge is -2.21. The number of nitrogens with zero attached hydrogens (tertiary/aromatic N) is 1. The standard InChI is InChI=1S/C26H36N4O3/c1-18-9-7-6-8-10-20(17-30(18)5)25(33)28-21-13-11-19(12-14-21)15-24(32)29-23(27)16-22(31)26(2,3)4/h6-9,11-14,16-18,23,31H,10,15,27H2,1-5H3,(H,28,33)(H,29,32)/b8-6-,9-7-,20-17+,22-16-. The summed E-state index contributed by atoms with van der Waals surface area (Å²) < 4.78 is 0. The van der Waals surface area contributed by atoms with Crippen LogP contribution >= 0.6 is 0 Å². The van der Waals surface area contributed by atoms with Gasteiger partial charge >= 0.3 is 0 Å². The summed E-state index contributed by atoms with van der Waals surface area (Å²) >= 11 is 0. The van der Waals surface area contributed by atoms with Gasteiger partial charge < -0.3 is 26.4 Å². The molecule has 0 spiro atoms. The Kier molecular flexibility index (Phi) is 9.05. The number of carbonyl (C=O) groups is 2. The van der Waals surface area contributed by atoms with Crippen molar-refractivity contribution in [3.8, 4) is 0 Å². The molecule has 1 aromatic carbocycles. The number of anilines is 1. The van der Waals surface area contributed by atoms with Gasteiger partial charge in [0.25, 0.3) is 5.91 Å². The van der Waals surface area contributed by atoms with Crippen LogP contribution < -0.4 is 16.4 Å². The smallest absolute Gasteiger partial charge is 0.253 e. The average molecular weight is 453 g/mol. The Morgan fingerprint density at radius 3 is 2.55 bits per heavy atom. The molecule has 7 nitrogen and oxygen atoms in total. The fraction of sp³-hybridized carbons (Fsp3) is 0.385. The number of likely N-dealkylation sites (N-methyl/N-ethyl adjacent to an activating group) is 1. The molecule has 2 atom stereocenters. The van der Waals surface area contributed by atoms with Gasteiger partial charge in [0.1, 0.15) is 0 Å². The molecule has 1 aromatic rings. The largest absolute Gasteiger partial charge is 0.512 e. The first-order valence-corrected chi connectivity index (χ1v) is 11.1. The summed E-state index contributed by atoms with van der Waals surface area (Å²) in [6.07, 6.45) is 11.2. The van der Waals surface area contributed by atoms with Gasteiger partial charge in [-0.3, -0.25) is 9.59 Å². The van der Waals surface area contributed by atoms with Crippen molar-refractivity contribution in [3.63, 3.8) is 0 Å². The van der Waals surface area contributed by atoms with E-state index in [1.165, 1.54) is 6.08 Å². The Morgan fingerprint density at radius 2 is 1.91 bits per heavy atom. The maximum atomic E-state index is 12.8. The van der Waals surface area contributed by atoms with Gasteiger partial charge in [-0.05, 0) is 37.1 Å². The van der Waals surface area contributed by atoms with Gasteiger partial charge in [-0.15, -0.1) is 0 Å². The van der Waals surface area contributed by atoms with E-state index in [2.05, 4.69) is 23.6 Å². The van der Waals surface area contributed by atoms with Crippen LogP contribution in [0, 0.1) is 5.41 Å². The molecule has 0 aliphatic carbocycles. The maximum Gasteiger partial charge on any atom is 0.253 e. The van der Waals surface area contributed by atoms with E-state index in [0.717, 1.165) is 5.56 Å². The lowest BCUT2D eigenvalue weighted by atomic mass is 9.93. The molecular weight excluding hydrogens is 416 g/mol. The van der Waals surface area contributed by atoms with Gasteiger partial charge in [0.2, 0.25) is 5.91 Å². The quantitative estimate of drug-likeness (QED) is 0.388. The summed E-state index contributed by atoms with van der Waals surface area (Å²) in [5.74, 6) is -0.300. The summed E-state index contributed by atoms with van der Waals surface area (Å²) in [7, 11) is 1.94. The van der Waals surface area contributed by atoms with Crippen LogP contribution in [0.15, 0.2) is 72.2 Å². The van der Waals surface area contributed by atoms with Gasteiger partial charge in [0.05, 0.1) is 18.3 Å². The second-order valence-corrected chi connectivity index (χ2v) is 9.30. The highest BCUT2D eigenvalue weighted by atomic mass is 16.3. The molecule has 0 aromatic heterocycles. The Bertz CT molecular complexity index is 953. The van der Waals surface area contributed by atoms with Gasteiger partial charge in [-0.2, -0.15) is 0 Å². The molecule has 0 radical (unpaired) electrons. The first kappa shape index (κ1) is 25.9. The van der Waals surface area contributed by atoms with E-state index < -0.39 is 11.6 Å². The zero-order valence-corrected chi connectivity index (χ0v) is 20.1. The van der Waals surface area contributed by atoms with Crippen molar-refractivity contribution < 1.29 is 14.7 Å². The van der Waals surface area contributed by atoms with E-state index in [0.29, 0.717) is 17.7 Å². The highest BCUT2D eigenvalue weighted by Crippen LogP contribution is 2.22. The SMILES string of the molecule is CC1/C=C\C=C/C/C(C(=O)Nc2ccc(CC(=O)NC(N)/C=C(\O)C(C)(C)C)cc2)=C\N1C. The number of aliphatic hydroxyl groups is 1. The number of hydrogen-bond acceptors (Lipinski definition) is 5. The second kappa shape index (κ2) is 11.5. The van der Waals surface area contributed by atoms with Crippen LogP contribution in [-0.2, 0) is 16.0 Å². The highest BCUT2D eigenvalue weighted by molar-refractivity contribution is 6.03. The minimum Gasteiger partial charge on any atom is -0.512 e. The maximum absolute atomic E-state index is 12.8. The zero-order valence-electron chi connectivity index (χ0n) is 20.1. The Labute approximate surface area is 196 Å². The highest BCUT2D eigenvalue weighted by Gasteiger charge is 2.18. The Balaban J connectivity index is 1.95. The summed E-state index contributed by atoms with van der Waals surface area (Å²) in [6.45, 7) is 7.63. The lowest BCUT2D eigenvalue weighted by Crippen LogP contribution is -2.41. The lowest BCUT2D eigenvalue weighted by molar-refractivity contribution is -0.120. The average Bonchev–Trinajstić information content (AvgIpc) is 2.80. The van der Waals surface area contributed by atoms with Crippen molar-refractivity contribution in [1.82, 2.24) is 10.2 Å². The minimum absolute atomic E-state index is 0.123. The van der Waals surface area contributed by atoms with Crippen molar-refractivity contribution in [2.24, 2.45) is 11.1 Å². The van der Waals surface area contributed by atoms with Crippen molar-refractivity contribution in [3.05, 3.63) is 77.7 Å². The van der Waals surface area contributed by atoms with Crippen molar-refractivity contribution in [1.29, 1.82) is 0 Å². The van der Waals surface area contributed by atoms with Crippen molar-refractivity contribution >= 4 is 17.5 Å². The molecule has 0 fully saturated rings. The summed E-state index contributed by atoms with van der Waals surface area (Å²) in [5, 5.41) is 15.6. The van der Waals surface area contributed by atoms with Gasteiger partial charge in [-0.1, -0.05) is 57.2 Å². The molecule has 178 valence electrons. The minimum atomic E-state index is -0.776. The fourth-order valence-electron chi connectivity index (χ4n) is 3.00.